The molecule has 0 spiro atoms. The van der Waals surface area contributed by atoms with Gasteiger partial charge in [0.2, 0.25) is 5.69 Å². The minimum absolute atomic E-state index is 0.329. The molecule has 0 bridgehead atoms. The molecule has 1 aromatic heterocycles. The number of pyridine rings is 1. The summed E-state index contributed by atoms with van der Waals surface area (Å²) in [6, 6.07) is 2.07. The van der Waals surface area contributed by atoms with Gasteiger partial charge in [0, 0.05) is 17.2 Å². The summed E-state index contributed by atoms with van der Waals surface area (Å²) in [5.41, 5.74) is 3.31. The summed E-state index contributed by atoms with van der Waals surface area (Å²) in [5, 5.41) is 9.26. The topological polar surface area (TPSA) is 36.9 Å². The molecule has 0 N–H and O–H groups in total. The second-order valence-corrected chi connectivity index (χ2v) is 3.45. The molecule has 0 atom stereocenters. The molecule has 0 unspecified atom stereocenters. The maximum Gasteiger partial charge on any atom is 0.343 e. The van der Waals surface area contributed by atoms with E-state index >= 15 is 0 Å². The van der Waals surface area contributed by atoms with Crippen LogP contribution < -0.4 is 9.57 Å². The fourth-order valence-corrected chi connectivity index (χ4v) is 1.74. The number of aromatic nitrogens is 1. The van der Waals surface area contributed by atoms with Crippen LogP contribution in [0.15, 0.2) is 0 Å². The third kappa shape index (κ3) is 1.42. The standard InChI is InChI=1S/C10H12ClN2O/c1-6-7(2)9(5-12)10(11)13(14-4)8(6)3/h1-4H3/q+1. The van der Waals surface area contributed by atoms with Gasteiger partial charge in [-0.1, -0.05) is 0 Å². The Morgan fingerprint density at radius 1 is 1.29 bits per heavy atom. The molecule has 1 rings (SSSR count). The van der Waals surface area contributed by atoms with Crippen molar-refractivity contribution in [3.05, 3.63) is 27.5 Å². The van der Waals surface area contributed by atoms with Crippen molar-refractivity contribution in [2.75, 3.05) is 7.11 Å². The maximum atomic E-state index is 8.93. The molecule has 0 aliphatic rings. The molecule has 0 aliphatic heterocycles. The van der Waals surface area contributed by atoms with Gasteiger partial charge in [0.1, 0.15) is 18.7 Å². The molecule has 14 heavy (non-hydrogen) atoms. The lowest BCUT2D eigenvalue weighted by Crippen LogP contribution is -2.46. The highest BCUT2D eigenvalue weighted by Crippen LogP contribution is 2.19. The summed E-state index contributed by atoms with van der Waals surface area (Å²) in [5.74, 6) is 0. The molecule has 0 aliphatic carbocycles. The van der Waals surface area contributed by atoms with Crippen LogP contribution in [0.2, 0.25) is 5.15 Å². The lowest BCUT2D eigenvalue weighted by molar-refractivity contribution is -0.888. The van der Waals surface area contributed by atoms with Crippen LogP contribution in [0.1, 0.15) is 22.4 Å². The normalized spacial score (nSPS) is 9.71. The minimum atomic E-state index is 0.329. The number of nitrogens with zero attached hydrogens (tertiary/aromatic N) is 2. The Hall–Kier alpha value is -1.27. The first-order valence-electron chi connectivity index (χ1n) is 4.20. The Morgan fingerprint density at radius 2 is 1.86 bits per heavy atom. The van der Waals surface area contributed by atoms with E-state index in [2.05, 4.69) is 6.07 Å². The Morgan fingerprint density at radius 3 is 2.29 bits per heavy atom. The van der Waals surface area contributed by atoms with Crippen molar-refractivity contribution in [3.63, 3.8) is 0 Å². The van der Waals surface area contributed by atoms with E-state index in [1.165, 1.54) is 11.8 Å². The summed E-state index contributed by atoms with van der Waals surface area (Å²) in [6.45, 7) is 5.73. The molecule has 0 fully saturated rings. The fourth-order valence-electron chi connectivity index (χ4n) is 1.36. The van der Waals surface area contributed by atoms with E-state index in [1.54, 1.807) is 0 Å². The summed E-state index contributed by atoms with van der Waals surface area (Å²) in [4.78, 5) is 5.09. The molecule has 0 radical (unpaired) electrons. The zero-order valence-corrected chi connectivity index (χ0v) is 9.44. The van der Waals surface area contributed by atoms with Gasteiger partial charge in [-0.15, -0.1) is 0 Å². The van der Waals surface area contributed by atoms with E-state index in [4.69, 9.17) is 21.7 Å². The first-order valence-corrected chi connectivity index (χ1v) is 4.58. The second kappa shape index (κ2) is 3.85. The average Bonchev–Trinajstić information content (AvgIpc) is 2.16. The molecule has 4 heteroatoms. The van der Waals surface area contributed by atoms with Gasteiger partial charge >= 0.3 is 5.15 Å². The molecule has 3 nitrogen and oxygen atoms in total. The van der Waals surface area contributed by atoms with Gasteiger partial charge in [-0.05, 0) is 31.0 Å². The number of rotatable bonds is 1. The van der Waals surface area contributed by atoms with Crippen molar-refractivity contribution in [2.45, 2.75) is 20.8 Å². The lowest BCUT2D eigenvalue weighted by Gasteiger charge is -2.05. The summed E-state index contributed by atoms with van der Waals surface area (Å²) < 4.78 is 1.46. The molecular weight excluding hydrogens is 200 g/mol. The molecule has 74 valence electrons. The zero-order valence-electron chi connectivity index (χ0n) is 8.68. The number of hydrogen-bond acceptors (Lipinski definition) is 2. The fraction of sp³-hybridized carbons (Fsp3) is 0.400. The monoisotopic (exact) mass is 211 g/mol. The van der Waals surface area contributed by atoms with Crippen LogP contribution in [0, 0.1) is 32.1 Å². The van der Waals surface area contributed by atoms with Crippen molar-refractivity contribution in [1.29, 1.82) is 5.26 Å². The highest BCUT2D eigenvalue weighted by molar-refractivity contribution is 6.29. The molecule has 1 heterocycles. The summed E-state index contributed by atoms with van der Waals surface area (Å²) >= 11 is 6.01. The van der Waals surface area contributed by atoms with Crippen LogP contribution in [0.4, 0.5) is 0 Å². The molecular formula is C10H12ClN2O+. The van der Waals surface area contributed by atoms with Crippen LogP contribution in [0.3, 0.4) is 0 Å². The summed E-state index contributed by atoms with van der Waals surface area (Å²) in [7, 11) is 1.52. The Labute approximate surface area is 88.4 Å². The van der Waals surface area contributed by atoms with E-state index in [-0.39, 0.29) is 0 Å². The van der Waals surface area contributed by atoms with Gasteiger partial charge in [0.05, 0.1) is 0 Å². The third-order valence-electron chi connectivity index (χ3n) is 2.46. The van der Waals surface area contributed by atoms with Crippen LogP contribution >= 0.6 is 11.6 Å². The second-order valence-electron chi connectivity index (χ2n) is 3.09. The maximum absolute atomic E-state index is 8.93. The van der Waals surface area contributed by atoms with E-state index in [9.17, 15) is 0 Å². The molecule has 0 saturated heterocycles. The quantitative estimate of drug-likeness (QED) is 0.521. The van der Waals surface area contributed by atoms with Gasteiger partial charge in [-0.3, -0.25) is 4.84 Å². The predicted molar refractivity (Wildman–Crippen MR) is 53.1 cm³/mol. The smallest absolute Gasteiger partial charge is 0.273 e. The SMILES string of the molecule is CO[n+]1c(C)c(C)c(C)c(C#N)c1Cl. The van der Waals surface area contributed by atoms with Crippen molar-refractivity contribution < 1.29 is 9.57 Å². The predicted octanol–water partition coefficient (Wildman–Crippen LogP) is 1.48. The number of halogens is 1. The highest BCUT2D eigenvalue weighted by Gasteiger charge is 2.24. The minimum Gasteiger partial charge on any atom is -0.273 e. The molecule has 1 aromatic rings. The molecule has 0 amide bonds. The Kier molecular flexibility index (Phi) is 2.97. The van der Waals surface area contributed by atoms with Crippen LogP contribution in [0.5, 0.6) is 0 Å². The van der Waals surface area contributed by atoms with Gasteiger partial charge in [-0.2, -0.15) is 5.26 Å². The highest BCUT2D eigenvalue weighted by atomic mass is 35.5. The number of nitriles is 1. The van der Waals surface area contributed by atoms with Crippen LogP contribution in [-0.4, -0.2) is 7.11 Å². The van der Waals surface area contributed by atoms with E-state index in [0.717, 1.165) is 16.8 Å². The van der Waals surface area contributed by atoms with Gasteiger partial charge < -0.3 is 0 Å². The Balaban J connectivity index is 3.67. The number of hydrogen-bond donors (Lipinski definition) is 0. The van der Waals surface area contributed by atoms with Crippen LogP contribution in [-0.2, 0) is 0 Å². The first kappa shape index (κ1) is 10.8. The average molecular weight is 212 g/mol. The summed E-state index contributed by atoms with van der Waals surface area (Å²) in [6.07, 6.45) is 0. The van der Waals surface area contributed by atoms with Crippen molar-refractivity contribution in [3.8, 4) is 6.07 Å². The van der Waals surface area contributed by atoms with Crippen molar-refractivity contribution in [2.24, 2.45) is 0 Å². The largest absolute Gasteiger partial charge is 0.343 e. The molecule has 0 aromatic carbocycles. The van der Waals surface area contributed by atoms with Crippen molar-refractivity contribution in [1.82, 2.24) is 0 Å². The lowest BCUT2D eigenvalue weighted by atomic mass is 10.1. The van der Waals surface area contributed by atoms with Gasteiger partial charge in [0.25, 0.3) is 0 Å². The van der Waals surface area contributed by atoms with E-state index in [0.29, 0.717) is 10.7 Å². The Bertz CT molecular complexity index is 418. The zero-order chi connectivity index (χ0) is 10.9. The van der Waals surface area contributed by atoms with E-state index < -0.39 is 0 Å². The third-order valence-corrected chi connectivity index (χ3v) is 2.81. The van der Waals surface area contributed by atoms with Gasteiger partial charge in [-0.25, -0.2) is 0 Å². The van der Waals surface area contributed by atoms with E-state index in [1.807, 2.05) is 20.8 Å². The molecule has 0 saturated carbocycles. The van der Waals surface area contributed by atoms with Crippen molar-refractivity contribution >= 4 is 11.6 Å². The van der Waals surface area contributed by atoms with Crippen LogP contribution in [0.25, 0.3) is 0 Å². The van der Waals surface area contributed by atoms with Gasteiger partial charge in [0.15, 0.2) is 0 Å². The first-order chi connectivity index (χ1) is 6.54.